The van der Waals surface area contributed by atoms with Crippen molar-refractivity contribution in [2.45, 2.75) is 45.4 Å². The number of ether oxygens (including phenoxy) is 2. The van der Waals surface area contributed by atoms with Gasteiger partial charge in [0.2, 0.25) is 0 Å². The minimum Gasteiger partial charge on any atom is -0.493 e. The van der Waals surface area contributed by atoms with E-state index in [1.807, 2.05) is 17.0 Å². The predicted molar refractivity (Wildman–Crippen MR) is 117 cm³/mol. The molecule has 1 heterocycles. The molecule has 0 saturated carbocycles. The molecule has 0 radical (unpaired) electrons. The molecule has 29 heavy (non-hydrogen) atoms. The third-order valence-electron chi connectivity index (χ3n) is 5.99. The second-order valence-corrected chi connectivity index (χ2v) is 8.62. The fraction of sp³-hybridized carbons (Fsp3) is 0.480. The van der Waals surface area contributed by atoms with Crippen molar-refractivity contribution in [3.05, 3.63) is 59.7 Å². The van der Waals surface area contributed by atoms with E-state index in [0.717, 1.165) is 32.4 Å². The molecule has 3 rings (SSSR count). The summed E-state index contributed by atoms with van der Waals surface area (Å²) in [6.45, 7) is 8.81. The van der Waals surface area contributed by atoms with Gasteiger partial charge in [0.05, 0.1) is 13.7 Å². The lowest BCUT2D eigenvalue weighted by molar-refractivity contribution is 0.0675. The molecule has 0 spiro atoms. The molecule has 4 nitrogen and oxygen atoms in total. The molecule has 2 aromatic carbocycles. The van der Waals surface area contributed by atoms with E-state index < -0.39 is 0 Å². The first-order valence-corrected chi connectivity index (χ1v) is 10.6. The molecule has 1 aliphatic rings. The van der Waals surface area contributed by atoms with Gasteiger partial charge in [-0.05, 0) is 54.4 Å². The molecule has 0 aliphatic carbocycles. The van der Waals surface area contributed by atoms with Crippen LogP contribution in [0.1, 0.15) is 56.0 Å². The van der Waals surface area contributed by atoms with Crippen LogP contribution in [0.5, 0.6) is 11.5 Å². The quantitative estimate of drug-likeness (QED) is 0.637. The van der Waals surface area contributed by atoms with Gasteiger partial charge in [-0.2, -0.15) is 0 Å². The molecule has 4 heteroatoms. The van der Waals surface area contributed by atoms with E-state index in [0.29, 0.717) is 29.6 Å². The van der Waals surface area contributed by atoms with Crippen LogP contribution in [0.15, 0.2) is 48.5 Å². The first-order valence-electron chi connectivity index (χ1n) is 10.6. The van der Waals surface area contributed by atoms with Crippen molar-refractivity contribution in [1.29, 1.82) is 0 Å². The van der Waals surface area contributed by atoms with Gasteiger partial charge in [0.1, 0.15) is 0 Å². The lowest BCUT2D eigenvalue weighted by Gasteiger charge is -2.40. The van der Waals surface area contributed by atoms with Crippen LogP contribution in [0.3, 0.4) is 0 Å². The van der Waals surface area contributed by atoms with Gasteiger partial charge in [0.15, 0.2) is 11.5 Å². The lowest BCUT2D eigenvalue weighted by atomic mass is 9.74. The number of carbonyl (C=O) groups excluding carboxylic acids is 1. The zero-order chi connectivity index (χ0) is 20.9. The number of benzene rings is 2. The van der Waals surface area contributed by atoms with Crippen LogP contribution < -0.4 is 9.47 Å². The van der Waals surface area contributed by atoms with E-state index in [1.165, 1.54) is 5.56 Å². The number of nitrogens with zero attached hydrogens (tertiary/aromatic N) is 1. The minimum atomic E-state index is 0.0622. The summed E-state index contributed by atoms with van der Waals surface area (Å²) in [5, 5.41) is 0. The van der Waals surface area contributed by atoms with Gasteiger partial charge in [-0.3, -0.25) is 4.79 Å². The lowest BCUT2D eigenvalue weighted by Crippen LogP contribution is -2.43. The number of hydrogen-bond donors (Lipinski definition) is 0. The maximum atomic E-state index is 13.1. The Morgan fingerprint density at radius 2 is 1.76 bits per heavy atom. The Morgan fingerprint density at radius 3 is 2.38 bits per heavy atom. The van der Waals surface area contributed by atoms with Gasteiger partial charge in [0, 0.05) is 18.7 Å². The second-order valence-electron chi connectivity index (χ2n) is 8.62. The summed E-state index contributed by atoms with van der Waals surface area (Å²) in [6, 6.07) is 16.1. The second kappa shape index (κ2) is 9.34. The van der Waals surface area contributed by atoms with Gasteiger partial charge in [0.25, 0.3) is 5.91 Å². The highest BCUT2D eigenvalue weighted by Gasteiger charge is 2.33. The van der Waals surface area contributed by atoms with Crippen LogP contribution in [-0.2, 0) is 5.41 Å². The Kier molecular flexibility index (Phi) is 6.83. The van der Waals surface area contributed by atoms with Crippen molar-refractivity contribution < 1.29 is 14.3 Å². The fourth-order valence-electron chi connectivity index (χ4n) is 3.84. The average Bonchev–Trinajstić information content (AvgIpc) is 2.74. The van der Waals surface area contributed by atoms with E-state index in [4.69, 9.17) is 9.47 Å². The van der Waals surface area contributed by atoms with Gasteiger partial charge in [-0.25, -0.2) is 0 Å². The molecule has 156 valence electrons. The van der Waals surface area contributed by atoms with Crippen LogP contribution in [0.4, 0.5) is 0 Å². The molecular formula is C25H33NO3. The molecule has 0 unspecified atom stereocenters. The first-order chi connectivity index (χ1) is 13.9. The highest BCUT2D eigenvalue weighted by Crippen LogP contribution is 2.36. The molecule has 0 aromatic heterocycles. The Hall–Kier alpha value is -2.49. The van der Waals surface area contributed by atoms with E-state index in [1.54, 1.807) is 13.2 Å². The summed E-state index contributed by atoms with van der Waals surface area (Å²) in [6.07, 6.45) is 2.92. The minimum absolute atomic E-state index is 0.0622. The SMILES string of the molecule is COc1cc(C(=O)N2CCC(C)(c3ccccc3)CC2)ccc1OCCC(C)C. The van der Waals surface area contributed by atoms with Crippen molar-refractivity contribution in [3.8, 4) is 11.5 Å². The van der Waals surface area contributed by atoms with E-state index in [-0.39, 0.29) is 11.3 Å². The van der Waals surface area contributed by atoms with Crippen LogP contribution in [-0.4, -0.2) is 37.6 Å². The van der Waals surface area contributed by atoms with Gasteiger partial charge >= 0.3 is 0 Å². The maximum absolute atomic E-state index is 13.1. The van der Waals surface area contributed by atoms with Crippen molar-refractivity contribution in [2.75, 3.05) is 26.8 Å². The van der Waals surface area contributed by atoms with Crippen molar-refractivity contribution >= 4 is 5.91 Å². The van der Waals surface area contributed by atoms with E-state index in [2.05, 4.69) is 51.1 Å². The molecule has 0 N–H and O–H groups in total. The van der Waals surface area contributed by atoms with Gasteiger partial charge in [-0.1, -0.05) is 51.1 Å². The molecule has 1 fully saturated rings. The molecule has 0 bridgehead atoms. The number of amides is 1. The maximum Gasteiger partial charge on any atom is 0.253 e. The smallest absolute Gasteiger partial charge is 0.253 e. The van der Waals surface area contributed by atoms with Crippen molar-refractivity contribution in [3.63, 3.8) is 0 Å². The summed E-state index contributed by atoms with van der Waals surface area (Å²) in [5.41, 5.74) is 2.14. The molecular weight excluding hydrogens is 362 g/mol. The molecule has 1 aliphatic heterocycles. The normalized spacial score (nSPS) is 16.0. The number of carbonyl (C=O) groups is 1. The van der Waals surface area contributed by atoms with Gasteiger partial charge in [-0.15, -0.1) is 0 Å². The number of methoxy groups -OCH3 is 1. The summed E-state index contributed by atoms with van der Waals surface area (Å²) in [5.74, 6) is 1.96. The highest BCUT2D eigenvalue weighted by molar-refractivity contribution is 5.95. The van der Waals surface area contributed by atoms with E-state index in [9.17, 15) is 4.79 Å². The third-order valence-corrected chi connectivity index (χ3v) is 5.99. The fourth-order valence-corrected chi connectivity index (χ4v) is 3.84. The summed E-state index contributed by atoms with van der Waals surface area (Å²) < 4.78 is 11.3. The first kappa shape index (κ1) is 21.2. The molecule has 1 saturated heterocycles. The Balaban J connectivity index is 1.65. The Labute approximate surface area is 174 Å². The monoisotopic (exact) mass is 395 g/mol. The molecule has 2 aromatic rings. The molecule has 1 amide bonds. The van der Waals surface area contributed by atoms with Crippen LogP contribution in [0.2, 0.25) is 0 Å². The zero-order valence-electron chi connectivity index (χ0n) is 18.1. The zero-order valence-corrected chi connectivity index (χ0v) is 18.1. The molecule has 0 atom stereocenters. The number of rotatable bonds is 7. The number of piperidine rings is 1. The van der Waals surface area contributed by atoms with Crippen LogP contribution in [0.25, 0.3) is 0 Å². The summed E-state index contributed by atoms with van der Waals surface area (Å²) in [7, 11) is 1.62. The van der Waals surface area contributed by atoms with Gasteiger partial charge < -0.3 is 14.4 Å². The summed E-state index contributed by atoms with van der Waals surface area (Å²) in [4.78, 5) is 15.0. The number of likely N-dealkylation sites (tertiary alicyclic amines) is 1. The Bertz CT molecular complexity index is 808. The average molecular weight is 396 g/mol. The third kappa shape index (κ3) is 5.11. The standard InChI is InChI=1S/C25H33NO3/c1-19(2)12-17-29-22-11-10-20(18-23(22)28-4)24(27)26-15-13-25(3,14-16-26)21-8-6-5-7-9-21/h5-11,18-19H,12-17H2,1-4H3. The number of hydrogen-bond acceptors (Lipinski definition) is 3. The van der Waals surface area contributed by atoms with Crippen LogP contribution in [0, 0.1) is 5.92 Å². The van der Waals surface area contributed by atoms with Crippen molar-refractivity contribution in [2.24, 2.45) is 5.92 Å². The topological polar surface area (TPSA) is 38.8 Å². The van der Waals surface area contributed by atoms with Crippen LogP contribution >= 0.6 is 0 Å². The predicted octanol–water partition coefficient (Wildman–Crippen LogP) is 5.31. The Morgan fingerprint density at radius 1 is 1.07 bits per heavy atom. The highest BCUT2D eigenvalue weighted by atomic mass is 16.5. The van der Waals surface area contributed by atoms with Crippen molar-refractivity contribution in [1.82, 2.24) is 4.90 Å². The summed E-state index contributed by atoms with van der Waals surface area (Å²) >= 11 is 0. The van der Waals surface area contributed by atoms with E-state index >= 15 is 0 Å². The largest absolute Gasteiger partial charge is 0.493 e.